The predicted octanol–water partition coefficient (Wildman–Crippen LogP) is 1.61. The van der Waals surface area contributed by atoms with Crippen LogP contribution in [0.2, 0.25) is 0 Å². The lowest BCUT2D eigenvalue weighted by Crippen LogP contribution is -2.41. The third-order valence-electron chi connectivity index (χ3n) is 4.90. The molecule has 7 nitrogen and oxygen atoms in total. The van der Waals surface area contributed by atoms with E-state index in [0.717, 1.165) is 18.5 Å². The normalized spacial score (nSPS) is 15.4. The Labute approximate surface area is 151 Å². The Bertz CT molecular complexity index is 892. The Hall–Kier alpha value is -2.70. The summed E-state index contributed by atoms with van der Waals surface area (Å²) in [5.41, 5.74) is 0.593. The van der Waals surface area contributed by atoms with Gasteiger partial charge in [0.2, 0.25) is 0 Å². The molecule has 0 atom stereocenters. The number of nitrogens with zero attached hydrogens (tertiary/aromatic N) is 3. The van der Waals surface area contributed by atoms with Crippen LogP contribution in [0.25, 0.3) is 0 Å². The summed E-state index contributed by atoms with van der Waals surface area (Å²) in [5.74, 6) is 0.315. The third-order valence-corrected chi connectivity index (χ3v) is 4.90. The van der Waals surface area contributed by atoms with Crippen LogP contribution in [0, 0.1) is 5.92 Å². The number of amides is 1. The largest absolute Gasteiger partial charge is 0.338 e. The Morgan fingerprint density at radius 3 is 2.65 bits per heavy atom. The van der Waals surface area contributed by atoms with Crippen molar-refractivity contribution in [3.05, 3.63) is 62.7 Å². The van der Waals surface area contributed by atoms with Crippen molar-refractivity contribution < 1.29 is 4.79 Å². The molecule has 0 aliphatic carbocycles. The van der Waals surface area contributed by atoms with Gasteiger partial charge in [0.05, 0.1) is 12.0 Å². The minimum absolute atomic E-state index is 0.0296. The number of hydrogen-bond acceptors (Lipinski definition) is 4. The van der Waals surface area contributed by atoms with E-state index in [9.17, 15) is 14.4 Å². The molecule has 1 saturated heterocycles. The predicted molar refractivity (Wildman–Crippen MR) is 98.3 cm³/mol. The van der Waals surface area contributed by atoms with E-state index < -0.39 is 0 Å². The highest BCUT2D eigenvalue weighted by Gasteiger charge is 2.25. The molecule has 1 N–H and O–H groups in total. The molecule has 0 aromatic carbocycles. The summed E-state index contributed by atoms with van der Waals surface area (Å²) in [6, 6.07) is 4.81. The number of hydrogen-bond donors (Lipinski definition) is 1. The van der Waals surface area contributed by atoms with Gasteiger partial charge in [-0.2, -0.15) is 0 Å². The van der Waals surface area contributed by atoms with Crippen molar-refractivity contribution in [2.75, 3.05) is 13.1 Å². The topological polar surface area (TPSA) is 88.1 Å². The second-order valence-electron chi connectivity index (χ2n) is 7.11. The van der Waals surface area contributed by atoms with E-state index in [-0.39, 0.29) is 28.5 Å². The van der Waals surface area contributed by atoms with Crippen LogP contribution < -0.4 is 11.1 Å². The van der Waals surface area contributed by atoms with Crippen molar-refractivity contribution in [3.63, 3.8) is 0 Å². The first-order valence-corrected chi connectivity index (χ1v) is 8.99. The average Bonchev–Trinajstić information content (AvgIpc) is 2.63. The molecule has 2 aromatic heterocycles. The average molecular weight is 356 g/mol. The number of likely N-dealkylation sites (tertiary alicyclic amines) is 1. The van der Waals surface area contributed by atoms with Gasteiger partial charge in [-0.05, 0) is 36.8 Å². The summed E-state index contributed by atoms with van der Waals surface area (Å²) in [6.45, 7) is 5.81. The quantitative estimate of drug-likeness (QED) is 0.901. The summed E-state index contributed by atoms with van der Waals surface area (Å²) in [4.78, 5) is 45.1. The first-order valence-electron chi connectivity index (χ1n) is 8.99. The Morgan fingerprint density at radius 2 is 2.04 bits per heavy atom. The van der Waals surface area contributed by atoms with Crippen molar-refractivity contribution >= 4 is 5.91 Å². The van der Waals surface area contributed by atoms with Crippen LogP contribution in [-0.2, 0) is 6.54 Å². The Morgan fingerprint density at radius 1 is 1.31 bits per heavy atom. The highest BCUT2D eigenvalue weighted by Crippen LogP contribution is 2.20. The molecule has 0 bridgehead atoms. The van der Waals surface area contributed by atoms with Crippen molar-refractivity contribution in [2.24, 2.45) is 5.92 Å². The number of piperidine rings is 1. The van der Waals surface area contributed by atoms with E-state index in [0.29, 0.717) is 25.6 Å². The minimum atomic E-state index is -0.359. The molecule has 0 unspecified atom stereocenters. The number of carbonyl (C=O) groups is 1. The summed E-state index contributed by atoms with van der Waals surface area (Å²) >= 11 is 0. The van der Waals surface area contributed by atoms with Gasteiger partial charge < -0.3 is 9.88 Å². The second-order valence-corrected chi connectivity index (χ2v) is 7.11. The highest BCUT2D eigenvalue weighted by atomic mass is 16.2. The van der Waals surface area contributed by atoms with Gasteiger partial charge >= 0.3 is 0 Å². The van der Waals surface area contributed by atoms with Crippen molar-refractivity contribution in [1.82, 2.24) is 19.4 Å². The summed E-state index contributed by atoms with van der Waals surface area (Å²) in [6.07, 6.45) is 4.74. The molecular weight excluding hydrogens is 332 g/mol. The van der Waals surface area contributed by atoms with Crippen LogP contribution in [0.3, 0.4) is 0 Å². The molecule has 1 amide bonds. The molecule has 3 rings (SSSR count). The van der Waals surface area contributed by atoms with Crippen molar-refractivity contribution in [1.29, 1.82) is 0 Å². The Balaban J connectivity index is 1.61. The maximum atomic E-state index is 12.5. The number of aromatic amines is 1. The van der Waals surface area contributed by atoms with Gasteiger partial charge in [0.25, 0.3) is 17.0 Å². The number of pyridine rings is 1. The van der Waals surface area contributed by atoms with Gasteiger partial charge in [0.15, 0.2) is 0 Å². The van der Waals surface area contributed by atoms with Crippen molar-refractivity contribution in [3.8, 4) is 0 Å². The monoisotopic (exact) mass is 356 g/mol. The Kier molecular flexibility index (Phi) is 5.35. The first-order chi connectivity index (χ1) is 12.5. The molecule has 2 aromatic rings. The lowest BCUT2D eigenvalue weighted by molar-refractivity contribution is 0.0680. The molecule has 0 radical (unpaired) electrons. The van der Waals surface area contributed by atoms with Gasteiger partial charge in [-0.15, -0.1) is 0 Å². The zero-order valence-corrected chi connectivity index (χ0v) is 15.1. The lowest BCUT2D eigenvalue weighted by Gasteiger charge is -2.32. The molecule has 1 fully saturated rings. The van der Waals surface area contributed by atoms with E-state index in [4.69, 9.17) is 0 Å². The third kappa shape index (κ3) is 3.92. The molecule has 26 heavy (non-hydrogen) atoms. The zero-order valence-electron chi connectivity index (χ0n) is 15.1. The van der Waals surface area contributed by atoms with Crippen LogP contribution in [-0.4, -0.2) is 38.4 Å². The number of carbonyl (C=O) groups excluding carboxylic acids is 1. The lowest BCUT2D eigenvalue weighted by atomic mass is 9.96. The summed E-state index contributed by atoms with van der Waals surface area (Å²) in [5, 5.41) is 0. The summed E-state index contributed by atoms with van der Waals surface area (Å²) in [7, 11) is 0. The van der Waals surface area contributed by atoms with Crippen LogP contribution in [0.15, 0.2) is 40.3 Å². The molecule has 1 aliphatic heterocycles. The van der Waals surface area contributed by atoms with Crippen LogP contribution >= 0.6 is 0 Å². The SMILES string of the molecule is CC(C)c1cc(=O)n(CC2CCN(C(=O)c3ccc[nH]c3=O)CC2)cn1. The summed E-state index contributed by atoms with van der Waals surface area (Å²) < 4.78 is 1.65. The van der Waals surface area contributed by atoms with Crippen LogP contribution in [0.1, 0.15) is 48.7 Å². The van der Waals surface area contributed by atoms with E-state index in [1.54, 1.807) is 34.0 Å². The van der Waals surface area contributed by atoms with E-state index in [1.807, 2.05) is 13.8 Å². The van der Waals surface area contributed by atoms with E-state index in [2.05, 4.69) is 9.97 Å². The van der Waals surface area contributed by atoms with Gasteiger partial charge in [0.1, 0.15) is 5.56 Å². The number of H-pyrrole nitrogens is 1. The molecule has 1 aliphatic rings. The van der Waals surface area contributed by atoms with Gasteiger partial charge in [0, 0.05) is 31.9 Å². The fraction of sp³-hybridized carbons (Fsp3) is 0.474. The second kappa shape index (κ2) is 7.68. The maximum absolute atomic E-state index is 12.5. The van der Waals surface area contributed by atoms with Gasteiger partial charge in [-0.3, -0.25) is 19.0 Å². The van der Waals surface area contributed by atoms with E-state index >= 15 is 0 Å². The van der Waals surface area contributed by atoms with Crippen LogP contribution in [0.4, 0.5) is 0 Å². The van der Waals surface area contributed by atoms with E-state index in [1.165, 1.54) is 6.20 Å². The fourth-order valence-electron chi connectivity index (χ4n) is 3.25. The van der Waals surface area contributed by atoms with Gasteiger partial charge in [-0.1, -0.05) is 13.8 Å². The standard InChI is InChI=1S/C19H24N4O3/c1-13(2)16-10-17(24)23(12-21-16)11-14-5-8-22(9-6-14)19(26)15-4-3-7-20-18(15)25/h3-4,7,10,12-14H,5-6,8-9,11H2,1-2H3,(H,20,25). The van der Waals surface area contributed by atoms with Crippen molar-refractivity contribution in [2.45, 2.75) is 39.2 Å². The first kappa shape index (κ1) is 18.1. The smallest absolute Gasteiger partial charge is 0.260 e. The zero-order chi connectivity index (χ0) is 18.7. The molecule has 138 valence electrons. The number of rotatable bonds is 4. The molecule has 0 saturated carbocycles. The number of aromatic nitrogens is 3. The molecule has 7 heteroatoms. The van der Waals surface area contributed by atoms with Crippen LogP contribution in [0.5, 0.6) is 0 Å². The number of nitrogens with one attached hydrogen (secondary N) is 1. The minimum Gasteiger partial charge on any atom is -0.338 e. The molecule has 0 spiro atoms. The fourth-order valence-corrected chi connectivity index (χ4v) is 3.25. The molecular formula is C19H24N4O3. The maximum Gasteiger partial charge on any atom is 0.260 e. The molecule has 3 heterocycles. The van der Waals surface area contributed by atoms with Gasteiger partial charge in [-0.25, -0.2) is 4.98 Å². The highest BCUT2D eigenvalue weighted by molar-refractivity contribution is 5.93.